The van der Waals surface area contributed by atoms with Crippen molar-refractivity contribution in [2.24, 2.45) is 5.92 Å². The average Bonchev–Trinajstić information content (AvgIpc) is 3.58. The van der Waals surface area contributed by atoms with Gasteiger partial charge in [0.05, 0.1) is 0 Å². The van der Waals surface area contributed by atoms with Gasteiger partial charge in [0.15, 0.2) is 5.13 Å². The third-order valence-corrected chi connectivity index (χ3v) is 7.43. The monoisotopic (exact) mass is 508 g/mol. The molecule has 4 atom stereocenters. The van der Waals surface area contributed by atoms with Crippen LogP contribution in [0.1, 0.15) is 19.3 Å². The van der Waals surface area contributed by atoms with E-state index < -0.39 is 30.5 Å². The van der Waals surface area contributed by atoms with Crippen molar-refractivity contribution in [3.8, 4) is 0 Å². The fraction of sp³-hybridized carbons (Fsp3) is 0.571. The van der Waals surface area contributed by atoms with Crippen LogP contribution in [0, 0.1) is 5.92 Å². The number of urea groups is 1. The van der Waals surface area contributed by atoms with E-state index in [4.69, 9.17) is 4.74 Å². The van der Waals surface area contributed by atoms with Crippen LogP contribution < -0.4 is 20.9 Å². The number of hydrogen-bond donors (Lipinski definition) is 3. The van der Waals surface area contributed by atoms with Crippen LogP contribution in [0.2, 0.25) is 0 Å². The van der Waals surface area contributed by atoms with Gasteiger partial charge in [0.25, 0.3) is 5.92 Å². The molecule has 3 amide bonds. The first kappa shape index (κ1) is 23.6. The molecule has 0 aromatic carbocycles. The van der Waals surface area contributed by atoms with Crippen molar-refractivity contribution < 1.29 is 23.1 Å². The molecule has 14 heteroatoms. The second-order valence-corrected chi connectivity index (χ2v) is 9.89. The Morgan fingerprint density at radius 1 is 1.29 bits per heavy atom. The summed E-state index contributed by atoms with van der Waals surface area (Å²) in [5, 5.41) is 10.5. The highest BCUT2D eigenvalue weighted by atomic mass is 32.1. The second kappa shape index (κ2) is 9.49. The third kappa shape index (κ3) is 5.12. The van der Waals surface area contributed by atoms with E-state index >= 15 is 0 Å². The van der Waals surface area contributed by atoms with Gasteiger partial charge in [-0.25, -0.2) is 28.3 Å². The van der Waals surface area contributed by atoms with Crippen molar-refractivity contribution in [3.05, 3.63) is 23.8 Å². The van der Waals surface area contributed by atoms with E-state index in [-0.39, 0.29) is 31.0 Å². The highest BCUT2D eigenvalue weighted by Crippen LogP contribution is 2.34. The number of nitrogens with zero attached hydrogens (tertiary/aromatic N) is 5. The molecule has 0 radical (unpaired) electrons. The molecular formula is C21H26F2N8O3S. The summed E-state index contributed by atoms with van der Waals surface area (Å²) in [5.41, 5.74) is 0. The van der Waals surface area contributed by atoms with Gasteiger partial charge in [0.1, 0.15) is 18.0 Å². The number of ether oxygens (including phenoxy) is 1. The fourth-order valence-corrected chi connectivity index (χ4v) is 5.37. The first-order valence-corrected chi connectivity index (χ1v) is 12.3. The molecular weight excluding hydrogens is 482 g/mol. The highest BCUT2D eigenvalue weighted by molar-refractivity contribution is 7.13. The summed E-state index contributed by atoms with van der Waals surface area (Å²) < 4.78 is 35.1. The minimum atomic E-state index is -3.10. The lowest BCUT2D eigenvalue weighted by Gasteiger charge is -2.42. The first-order valence-electron chi connectivity index (χ1n) is 11.4. The molecule has 5 rings (SSSR count). The number of alkyl halides is 2. The van der Waals surface area contributed by atoms with E-state index in [9.17, 15) is 18.4 Å². The van der Waals surface area contributed by atoms with Crippen molar-refractivity contribution in [1.29, 1.82) is 0 Å². The summed E-state index contributed by atoms with van der Waals surface area (Å²) in [4.78, 5) is 40.0. The number of fused-ring (bicyclic) bond motifs is 2. The number of hydrogen-bond acceptors (Lipinski definition) is 9. The Kier molecular flexibility index (Phi) is 6.40. The molecule has 3 fully saturated rings. The van der Waals surface area contributed by atoms with Gasteiger partial charge in [-0.05, 0) is 12.5 Å². The maximum Gasteiger partial charge on any atom is 0.413 e. The van der Waals surface area contributed by atoms with Gasteiger partial charge in [-0.3, -0.25) is 10.6 Å². The van der Waals surface area contributed by atoms with Crippen LogP contribution in [0.15, 0.2) is 23.8 Å². The van der Waals surface area contributed by atoms with Crippen molar-refractivity contribution in [2.45, 2.75) is 43.4 Å². The average molecular weight is 509 g/mol. The van der Waals surface area contributed by atoms with E-state index in [0.29, 0.717) is 17.1 Å². The van der Waals surface area contributed by atoms with Crippen molar-refractivity contribution >= 4 is 40.4 Å². The number of rotatable bonds is 5. The standard InChI is InChI=1S/C21H26F2N8O3S/c1-30(19(32)29-18-25-5-7-35-18)15-11-31(6-3-21(15,22)23)17-24-4-2-16(27-17)28-20(33)34-14-9-13-8-12(14)10-26-13/h2,4-5,7,12-15,26H,3,6,8-11H2,1H3,(H,25,29,32)(H,24,27,28,33). The van der Waals surface area contributed by atoms with Crippen LogP contribution in [0.3, 0.4) is 0 Å². The summed E-state index contributed by atoms with van der Waals surface area (Å²) in [6, 6.07) is -0.180. The number of thiazole rings is 1. The zero-order chi connectivity index (χ0) is 24.6. The molecule has 1 aliphatic carbocycles. The second-order valence-electron chi connectivity index (χ2n) is 9.00. The lowest BCUT2D eigenvalue weighted by molar-refractivity contribution is -0.0760. The van der Waals surface area contributed by atoms with Gasteiger partial charge in [0.2, 0.25) is 5.95 Å². The topological polar surface area (TPSA) is 125 Å². The highest BCUT2D eigenvalue weighted by Gasteiger charge is 2.48. The molecule has 4 unspecified atom stereocenters. The smallest absolute Gasteiger partial charge is 0.413 e. The van der Waals surface area contributed by atoms with Crippen LogP contribution in [-0.4, -0.2) is 82.8 Å². The number of piperidine rings is 2. The van der Waals surface area contributed by atoms with Crippen LogP contribution in [0.5, 0.6) is 0 Å². The molecule has 2 aromatic heterocycles. The lowest BCUT2D eigenvalue weighted by atomic mass is 10.00. The molecule has 35 heavy (non-hydrogen) atoms. The predicted molar refractivity (Wildman–Crippen MR) is 125 cm³/mol. The minimum absolute atomic E-state index is 0.00250. The van der Waals surface area contributed by atoms with Gasteiger partial charge in [0, 0.05) is 69.3 Å². The molecule has 188 valence electrons. The molecule has 2 aliphatic heterocycles. The van der Waals surface area contributed by atoms with Gasteiger partial charge in [-0.2, -0.15) is 4.98 Å². The zero-order valence-corrected chi connectivity index (χ0v) is 19.8. The maximum absolute atomic E-state index is 14.8. The van der Waals surface area contributed by atoms with Gasteiger partial charge in [-0.15, -0.1) is 11.3 Å². The molecule has 2 aromatic rings. The number of anilines is 3. The molecule has 2 bridgehead atoms. The maximum atomic E-state index is 14.8. The third-order valence-electron chi connectivity index (χ3n) is 6.74. The number of amides is 3. The summed E-state index contributed by atoms with van der Waals surface area (Å²) in [7, 11) is 1.32. The molecule has 4 heterocycles. The van der Waals surface area contributed by atoms with Crippen LogP contribution in [-0.2, 0) is 4.74 Å². The van der Waals surface area contributed by atoms with Gasteiger partial charge < -0.3 is 19.9 Å². The first-order chi connectivity index (χ1) is 16.8. The molecule has 3 N–H and O–H groups in total. The van der Waals surface area contributed by atoms with E-state index in [1.807, 2.05) is 0 Å². The fourth-order valence-electron chi connectivity index (χ4n) is 4.85. The number of nitrogens with one attached hydrogen (secondary N) is 3. The van der Waals surface area contributed by atoms with E-state index in [0.717, 1.165) is 24.3 Å². The van der Waals surface area contributed by atoms with E-state index in [1.165, 1.54) is 36.8 Å². The van der Waals surface area contributed by atoms with Crippen molar-refractivity contribution in [2.75, 3.05) is 42.2 Å². The Morgan fingerprint density at radius 3 is 2.86 bits per heavy atom. The molecule has 0 spiro atoms. The molecule has 3 aliphatic rings. The minimum Gasteiger partial charge on any atom is -0.446 e. The quantitative estimate of drug-likeness (QED) is 0.563. The van der Waals surface area contributed by atoms with Crippen LogP contribution in [0.4, 0.5) is 35.3 Å². The summed E-state index contributed by atoms with van der Waals surface area (Å²) in [6.07, 6.45) is 3.55. The molecule has 1 saturated carbocycles. The number of carbonyl (C=O) groups excluding carboxylic acids is 2. The number of carbonyl (C=O) groups is 2. The predicted octanol–water partition coefficient (Wildman–Crippen LogP) is 2.61. The lowest BCUT2D eigenvalue weighted by Crippen LogP contribution is -2.60. The van der Waals surface area contributed by atoms with Crippen LogP contribution >= 0.6 is 11.3 Å². The number of aromatic nitrogens is 3. The Morgan fingerprint density at radius 2 is 2.14 bits per heavy atom. The van der Waals surface area contributed by atoms with Gasteiger partial charge >= 0.3 is 12.1 Å². The summed E-state index contributed by atoms with van der Waals surface area (Å²) >= 11 is 1.20. The SMILES string of the molecule is CN(C(=O)Nc1nccs1)C1CN(c2nccc(NC(=O)OC3CC4CC3CN4)n2)CCC1(F)F. The van der Waals surface area contributed by atoms with Crippen LogP contribution in [0.25, 0.3) is 0 Å². The Bertz CT molecular complexity index is 1070. The van der Waals surface area contributed by atoms with E-state index in [2.05, 4.69) is 30.9 Å². The molecule has 2 saturated heterocycles. The summed E-state index contributed by atoms with van der Waals surface area (Å²) in [6.45, 7) is 0.662. The Hall–Kier alpha value is -3.13. The van der Waals surface area contributed by atoms with Gasteiger partial charge in [-0.1, -0.05) is 0 Å². The largest absolute Gasteiger partial charge is 0.446 e. The zero-order valence-electron chi connectivity index (χ0n) is 19.0. The number of halogens is 2. The Balaban J connectivity index is 1.22. The van der Waals surface area contributed by atoms with E-state index in [1.54, 1.807) is 10.3 Å². The van der Waals surface area contributed by atoms with Crippen molar-refractivity contribution in [1.82, 2.24) is 25.2 Å². The normalized spacial score (nSPS) is 26.9. The van der Waals surface area contributed by atoms with Crippen molar-refractivity contribution in [3.63, 3.8) is 0 Å². The number of likely N-dealkylation sites (N-methyl/N-ethyl adjacent to an activating group) is 1. The molecule has 11 nitrogen and oxygen atoms in total. The summed E-state index contributed by atoms with van der Waals surface area (Å²) in [5.74, 6) is -2.38. The Labute approximate surface area is 204 Å².